The van der Waals surface area contributed by atoms with Crippen molar-refractivity contribution in [3.63, 3.8) is 0 Å². The van der Waals surface area contributed by atoms with Crippen molar-refractivity contribution in [1.82, 2.24) is 20.5 Å². The summed E-state index contributed by atoms with van der Waals surface area (Å²) >= 11 is 5.81. The number of amides is 5. The Hall–Kier alpha value is -4.03. The monoisotopic (exact) mass is 570 g/mol. The van der Waals surface area contributed by atoms with E-state index in [0.717, 1.165) is 0 Å². The van der Waals surface area contributed by atoms with E-state index in [-0.39, 0.29) is 36.6 Å². The van der Waals surface area contributed by atoms with Crippen LogP contribution in [-0.2, 0) is 23.9 Å². The summed E-state index contributed by atoms with van der Waals surface area (Å²) < 4.78 is 5.16. The molecule has 1 aromatic carbocycles. The minimum Gasteiger partial charge on any atom is -0.370 e. The minimum atomic E-state index is -0.917. The zero-order valence-corrected chi connectivity index (χ0v) is 22.9. The van der Waals surface area contributed by atoms with Gasteiger partial charge in [-0.05, 0) is 55.7 Å². The highest BCUT2D eigenvalue weighted by atomic mass is 35.5. The van der Waals surface area contributed by atoms with Crippen LogP contribution < -0.4 is 20.9 Å². The van der Waals surface area contributed by atoms with Gasteiger partial charge in [-0.2, -0.15) is 0 Å². The van der Waals surface area contributed by atoms with Crippen molar-refractivity contribution in [3.8, 4) is 0 Å². The molecule has 0 bridgehead atoms. The normalized spacial score (nSPS) is 20.8. The Morgan fingerprint density at radius 2 is 1.75 bits per heavy atom. The van der Waals surface area contributed by atoms with Gasteiger partial charge in [-0.25, -0.2) is 4.98 Å². The number of morpholine rings is 1. The number of rotatable bonds is 6. The van der Waals surface area contributed by atoms with Gasteiger partial charge in [0.15, 0.2) is 0 Å². The average Bonchev–Trinajstić information content (AvgIpc) is 2.95. The summed E-state index contributed by atoms with van der Waals surface area (Å²) in [5.41, 5.74) is 1.01. The van der Waals surface area contributed by atoms with Crippen LogP contribution in [-0.4, -0.2) is 85.4 Å². The van der Waals surface area contributed by atoms with E-state index >= 15 is 0 Å². The van der Waals surface area contributed by atoms with Crippen LogP contribution in [0.4, 0.5) is 11.5 Å². The first-order chi connectivity index (χ1) is 19.1. The second kappa shape index (κ2) is 12.9. The molecule has 2 aromatic rings. The number of hydrogen-bond donors (Lipinski definition) is 3. The lowest BCUT2D eigenvalue weighted by Gasteiger charge is -2.37. The molecule has 12 nitrogen and oxygen atoms in total. The summed E-state index contributed by atoms with van der Waals surface area (Å²) in [6, 6.07) is 8.39. The van der Waals surface area contributed by atoms with E-state index in [1.807, 2.05) is 0 Å². The number of nitrogens with one attached hydrogen (secondary N) is 3. The highest BCUT2D eigenvalue weighted by molar-refractivity contribution is 6.39. The zero-order chi connectivity index (χ0) is 28.8. The Morgan fingerprint density at radius 1 is 1.00 bits per heavy atom. The fourth-order valence-corrected chi connectivity index (χ4v) is 4.90. The Bertz CT molecular complexity index is 1270. The molecule has 13 heteroatoms. The molecule has 1 saturated heterocycles. The number of carbonyl (C=O) groups excluding carboxylic acids is 5. The molecule has 0 unspecified atom stereocenters. The van der Waals surface area contributed by atoms with Crippen molar-refractivity contribution in [3.05, 3.63) is 53.2 Å². The molecule has 1 aliphatic heterocycles. The third-order valence-electron chi connectivity index (χ3n) is 6.88. The summed E-state index contributed by atoms with van der Waals surface area (Å²) in [5, 5.41) is 8.43. The van der Waals surface area contributed by atoms with E-state index in [1.54, 1.807) is 43.3 Å². The first-order valence-electron chi connectivity index (χ1n) is 12.9. The van der Waals surface area contributed by atoms with Gasteiger partial charge in [0.1, 0.15) is 12.4 Å². The molecule has 0 radical (unpaired) electrons. The molecule has 0 spiro atoms. The largest absolute Gasteiger partial charge is 0.370 e. The molecular weight excluding hydrogens is 540 g/mol. The number of ether oxygens (including phenoxy) is 1. The Morgan fingerprint density at radius 3 is 2.40 bits per heavy atom. The lowest BCUT2D eigenvalue weighted by Crippen LogP contribution is -2.57. The maximum Gasteiger partial charge on any atom is 0.314 e. The van der Waals surface area contributed by atoms with Gasteiger partial charge < -0.3 is 30.5 Å². The lowest BCUT2D eigenvalue weighted by molar-refractivity contribution is -0.137. The second-order valence-corrected chi connectivity index (χ2v) is 10.3. The molecule has 2 heterocycles. The average molecular weight is 571 g/mol. The molecule has 1 aliphatic carbocycles. The van der Waals surface area contributed by atoms with Gasteiger partial charge >= 0.3 is 11.8 Å². The van der Waals surface area contributed by atoms with Gasteiger partial charge in [0.05, 0.1) is 17.7 Å². The van der Waals surface area contributed by atoms with Crippen LogP contribution in [0.15, 0.2) is 42.6 Å². The summed E-state index contributed by atoms with van der Waals surface area (Å²) in [5.74, 6) is -2.63. The van der Waals surface area contributed by atoms with Crippen LogP contribution in [0.3, 0.4) is 0 Å². The van der Waals surface area contributed by atoms with Gasteiger partial charge in [-0.15, -0.1) is 0 Å². The molecule has 4 rings (SSSR count). The van der Waals surface area contributed by atoms with Gasteiger partial charge in [-0.3, -0.25) is 24.0 Å². The lowest BCUT2D eigenvalue weighted by atomic mass is 9.81. The smallest absolute Gasteiger partial charge is 0.314 e. The van der Waals surface area contributed by atoms with E-state index in [1.165, 1.54) is 23.2 Å². The Kier molecular flexibility index (Phi) is 9.33. The van der Waals surface area contributed by atoms with Crippen LogP contribution in [0, 0.1) is 5.92 Å². The van der Waals surface area contributed by atoms with Crippen molar-refractivity contribution in [1.29, 1.82) is 0 Å². The van der Waals surface area contributed by atoms with E-state index in [2.05, 4.69) is 20.9 Å². The van der Waals surface area contributed by atoms with E-state index in [0.29, 0.717) is 42.3 Å². The van der Waals surface area contributed by atoms with Crippen LogP contribution in [0.1, 0.15) is 29.6 Å². The summed E-state index contributed by atoms with van der Waals surface area (Å²) in [7, 11) is 3.33. The molecule has 40 heavy (non-hydrogen) atoms. The maximum absolute atomic E-state index is 13.2. The van der Waals surface area contributed by atoms with Crippen LogP contribution >= 0.6 is 11.6 Å². The van der Waals surface area contributed by atoms with Crippen LogP contribution in [0.5, 0.6) is 0 Å². The quantitative estimate of drug-likeness (QED) is 0.442. The molecule has 1 saturated carbocycles. The van der Waals surface area contributed by atoms with Crippen molar-refractivity contribution in [2.24, 2.45) is 5.92 Å². The van der Waals surface area contributed by atoms with E-state index < -0.39 is 29.8 Å². The highest BCUT2D eigenvalue weighted by Crippen LogP contribution is 2.27. The predicted molar refractivity (Wildman–Crippen MR) is 147 cm³/mol. The predicted octanol–water partition coefficient (Wildman–Crippen LogP) is 1.21. The molecule has 5 amide bonds. The second-order valence-electron chi connectivity index (χ2n) is 9.86. The number of carbonyl (C=O) groups is 5. The fraction of sp³-hybridized carbons (Fsp3) is 0.407. The summed E-state index contributed by atoms with van der Waals surface area (Å²) in [4.78, 5) is 70.2. The standard InChI is InChI=1S/C27H31ClN6O6/c1-33(2)27(39)17-5-9-20(30-25(37)26(38)32-22-10-6-18(28)14-29-22)21(13-17)31-24(36)16-3-7-19(8-4-16)34-11-12-40-15-23(34)35/h3-4,6-8,10,14,17,20-21H,5,9,11-13,15H2,1-2H3,(H,30,37)(H,31,36)(H,29,32,38)/t17-,20-,21+/m0/s1. The first kappa shape index (κ1) is 29.0. The first-order valence-corrected chi connectivity index (χ1v) is 13.2. The van der Waals surface area contributed by atoms with E-state index in [9.17, 15) is 24.0 Å². The number of pyridine rings is 1. The zero-order valence-electron chi connectivity index (χ0n) is 22.2. The maximum atomic E-state index is 13.2. The number of nitrogens with zero attached hydrogens (tertiary/aromatic N) is 3. The molecule has 1 aromatic heterocycles. The van der Waals surface area contributed by atoms with Crippen molar-refractivity contribution >= 4 is 52.6 Å². The SMILES string of the molecule is CN(C)C(=O)[C@H]1CC[C@H](NC(=O)C(=O)Nc2ccc(Cl)cn2)[C@H](NC(=O)c2ccc(N3CCOCC3=O)cc2)C1. The topological polar surface area (TPSA) is 150 Å². The third kappa shape index (κ3) is 7.13. The Balaban J connectivity index is 1.44. The van der Waals surface area contributed by atoms with Gasteiger partial charge in [0.25, 0.3) is 11.8 Å². The molecule has 3 atom stereocenters. The molecule has 3 N–H and O–H groups in total. The van der Waals surface area contributed by atoms with Crippen molar-refractivity contribution in [2.75, 3.05) is 44.1 Å². The summed E-state index contributed by atoms with van der Waals surface area (Å²) in [6.45, 7) is 0.874. The number of anilines is 2. The molecule has 212 valence electrons. The van der Waals surface area contributed by atoms with Crippen LogP contribution in [0.2, 0.25) is 5.02 Å². The summed E-state index contributed by atoms with van der Waals surface area (Å²) in [6.07, 6.45) is 2.49. The van der Waals surface area contributed by atoms with E-state index in [4.69, 9.17) is 16.3 Å². The number of hydrogen-bond acceptors (Lipinski definition) is 7. The van der Waals surface area contributed by atoms with Crippen molar-refractivity contribution in [2.45, 2.75) is 31.3 Å². The fourth-order valence-electron chi connectivity index (χ4n) is 4.78. The molecular formula is C27H31ClN6O6. The Labute approximate surface area is 236 Å². The third-order valence-corrected chi connectivity index (χ3v) is 7.10. The molecule has 2 aliphatic rings. The highest BCUT2D eigenvalue weighted by Gasteiger charge is 2.37. The van der Waals surface area contributed by atoms with Crippen LogP contribution in [0.25, 0.3) is 0 Å². The minimum absolute atomic E-state index is 0.0120. The van der Waals surface area contributed by atoms with Gasteiger partial charge in [0, 0.05) is 50.0 Å². The number of aromatic nitrogens is 1. The van der Waals surface area contributed by atoms with Crippen molar-refractivity contribution < 1.29 is 28.7 Å². The number of halogens is 1. The number of benzene rings is 1. The van der Waals surface area contributed by atoms with Gasteiger partial charge in [0.2, 0.25) is 5.91 Å². The molecule has 2 fully saturated rings. The van der Waals surface area contributed by atoms with Gasteiger partial charge in [-0.1, -0.05) is 11.6 Å².